The van der Waals surface area contributed by atoms with Gasteiger partial charge in [-0.05, 0) is 62.4 Å². The lowest BCUT2D eigenvalue weighted by Gasteiger charge is -2.18. The second kappa shape index (κ2) is 12.3. The van der Waals surface area contributed by atoms with E-state index in [-0.39, 0.29) is 17.9 Å². The Kier molecular flexibility index (Phi) is 10.5. The topological polar surface area (TPSA) is 73.9 Å². The number of hydrogen-bond donors (Lipinski definition) is 1. The number of carbonyl (C=O) groups is 2. The van der Waals surface area contributed by atoms with Crippen LogP contribution in [0.3, 0.4) is 0 Å². The van der Waals surface area contributed by atoms with Crippen LogP contribution in [0.1, 0.15) is 40.5 Å². The third-order valence-corrected chi connectivity index (χ3v) is 3.78. The fourth-order valence-corrected chi connectivity index (χ4v) is 2.27. The number of hydrogen-bond acceptors (Lipinski definition) is 5. The molecule has 1 aromatic carbocycles. The standard InChI is InChI=1S/C21H30ClNO5/c1-14(2)13-27-20(24)19(15(3)4)28-21(25)23-17-8-10-18(11-9-17)26-12-6-7-16(5)22/h8-11,14,16,19H,3,6-7,12-13H2,1-2,4-5H3,(H,23,25). The van der Waals surface area contributed by atoms with Crippen LogP contribution in [0.25, 0.3) is 0 Å². The molecule has 0 aromatic heterocycles. The van der Waals surface area contributed by atoms with Gasteiger partial charge in [-0.25, -0.2) is 9.59 Å². The molecule has 1 amide bonds. The van der Waals surface area contributed by atoms with Gasteiger partial charge in [0.15, 0.2) is 0 Å². The van der Waals surface area contributed by atoms with Crippen molar-refractivity contribution < 1.29 is 23.8 Å². The lowest BCUT2D eigenvalue weighted by atomic mass is 10.2. The van der Waals surface area contributed by atoms with Crippen molar-refractivity contribution >= 4 is 29.4 Å². The van der Waals surface area contributed by atoms with E-state index in [1.54, 1.807) is 31.2 Å². The maximum absolute atomic E-state index is 12.1. The molecule has 156 valence electrons. The highest BCUT2D eigenvalue weighted by molar-refractivity contribution is 6.20. The van der Waals surface area contributed by atoms with E-state index in [0.29, 0.717) is 23.6 Å². The Morgan fingerprint density at radius 1 is 1.18 bits per heavy atom. The van der Waals surface area contributed by atoms with E-state index < -0.39 is 18.2 Å². The van der Waals surface area contributed by atoms with Gasteiger partial charge in [0, 0.05) is 11.1 Å². The van der Waals surface area contributed by atoms with E-state index in [2.05, 4.69) is 11.9 Å². The molecule has 28 heavy (non-hydrogen) atoms. The Balaban J connectivity index is 2.51. The zero-order valence-electron chi connectivity index (χ0n) is 17.0. The molecule has 7 heteroatoms. The fraction of sp³-hybridized carbons (Fsp3) is 0.524. The zero-order valence-corrected chi connectivity index (χ0v) is 17.8. The first kappa shape index (κ1) is 23.8. The Morgan fingerprint density at radius 2 is 1.82 bits per heavy atom. The third kappa shape index (κ3) is 9.65. The highest BCUT2D eigenvalue weighted by Crippen LogP contribution is 2.17. The maximum Gasteiger partial charge on any atom is 0.412 e. The summed E-state index contributed by atoms with van der Waals surface area (Å²) in [4.78, 5) is 24.2. The molecule has 2 atom stereocenters. The summed E-state index contributed by atoms with van der Waals surface area (Å²) in [7, 11) is 0. The second-order valence-electron chi connectivity index (χ2n) is 7.08. The van der Waals surface area contributed by atoms with E-state index in [1.165, 1.54) is 0 Å². The van der Waals surface area contributed by atoms with Gasteiger partial charge in [0.2, 0.25) is 6.10 Å². The van der Waals surface area contributed by atoms with Gasteiger partial charge < -0.3 is 14.2 Å². The van der Waals surface area contributed by atoms with Crippen molar-refractivity contribution in [2.75, 3.05) is 18.5 Å². The van der Waals surface area contributed by atoms with Gasteiger partial charge in [-0.2, -0.15) is 0 Å². The summed E-state index contributed by atoms with van der Waals surface area (Å²) in [5.74, 6) is 0.243. The molecule has 0 spiro atoms. The van der Waals surface area contributed by atoms with Crippen molar-refractivity contribution in [3.63, 3.8) is 0 Å². The molecule has 0 saturated carbocycles. The zero-order chi connectivity index (χ0) is 21.1. The van der Waals surface area contributed by atoms with E-state index in [1.807, 2.05) is 20.8 Å². The fourth-order valence-electron chi connectivity index (χ4n) is 2.12. The first-order valence-corrected chi connectivity index (χ1v) is 9.79. The first-order chi connectivity index (χ1) is 13.2. The number of anilines is 1. The molecule has 2 unspecified atom stereocenters. The molecule has 0 heterocycles. The van der Waals surface area contributed by atoms with E-state index in [4.69, 9.17) is 25.8 Å². The molecular formula is C21H30ClNO5. The van der Waals surface area contributed by atoms with Gasteiger partial charge in [0.1, 0.15) is 5.75 Å². The summed E-state index contributed by atoms with van der Waals surface area (Å²) in [6.45, 7) is 11.9. The average Bonchev–Trinajstić information content (AvgIpc) is 2.62. The second-order valence-corrected chi connectivity index (χ2v) is 7.82. The molecule has 0 saturated heterocycles. The van der Waals surface area contributed by atoms with Crippen molar-refractivity contribution in [3.05, 3.63) is 36.4 Å². The molecular weight excluding hydrogens is 382 g/mol. The third-order valence-electron chi connectivity index (χ3n) is 3.56. The van der Waals surface area contributed by atoms with E-state index in [9.17, 15) is 9.59 Å². The molecule has 6 nitrogen and oxygen atoms in total. The number of nitrogens with one attached hydrogen (secondary N) is 1. The number of carbonyl (C=O) groups excluding carboxylic acids is 2. The van der Waals surface area contributed by atoms with Gasteiger partial charge in [-0.15, -0.1) is 11.6 Å². The van der Waals surface area contributed by atoms with Gasteiger partial charge in [0.05, 0.1) is 13.2 Å². The number of halogens is 1. The minimum Gasteiger partial charge on any atom is -0.494 e. The summed E-state index contributed by atoms with van der Waals surface area (Å²) in [5.41, 5.74) is 0.904. The number of alkyl halides is 1. The molecule has 0 bridgehead atoms. The Bertz CT molecular complexity index is 643. The number of ether oxygens (including phenoxy) is 3. The van der Waals surface area contributed by atoms with Gasteiger partial charge in [-0.1, -0.05) is 20.4 Å². The van der Waals surface area contributed by atoms with Crippen LogP contribution in [0, 0.1) is 5.92 Å². The van der Waals surface area contributed by atoms with Gasteiger partial charge >= 0.3 is 12.1 Å². The van der Waals surface area contributed by atoms with Crippen LogP contribution in [0.15, 0.2) is 36.4 Å². The predicted molar refractivity (Wildman–Crippen MR) is 111 cm³/mol. The molecule has 0 aliphatic rings. The minimum absolute atomic E-state index is 0.131. The van der Waals surface area contributed by atoms with Crippen LogP contribution in [0.4, 0.5) is 10.5 Å². The van der Waals surface area contributed by atoms with Crippen LogP contribution in [-0.2, 0) is 14.3 Å². The molecule has 1 aromatic rings. The highest BCUT2D eigenvalue weighted by Gasteiger charge is 2.25. The molecule has 0 aliphatic heterocycles. The summed E-state index contributed by atoms with van der Waals surface area (Å²) < 4.78 is 15.9. The largest absolute Gasteiger partial charge is 0.494 e. The van der Waals surface area contributed by atoms with Crippen molar-refractivity contribution in [2.45, 2.75) is 52.0 Å². The quantitative estimate of drug-likeness (QED) is 0.235. The highest BCUT2D eigenvalue weighted by atomic mass is 35.5. The first-order valence-electron chi connectivity index (χ1n) is 9.35. The molecule has 1 rings (SSSR count). The predicted octanol–water partition coefficient (Wildman–Crippen LogP) is 5.17. The summed E-state index contributed by atoms with van der Waals surface area (Å²) in [6.07, 6.45) is -0.159. The summed E-state index contributed by atoms with van der Waals surface area (Å²) in [5, 5.41) is 2.70. The summed E-state index contributed by atoms with van der Waals surface area (Å²) in [6, 6.07) is 6.86. The van der Waals surface area contributed by atoms with Gasteiger partial charge in [0.25, 0.3) is 0 Å². The molecule has 0 aliphatic carbocycles. The minimum atomic E-state index is -1.15. The van der Waals surface area contributed by atoms with Crippen molar-refractivity contribution in [3.8, 4) is 5.75 Å². The molecule has 0 radical (unpaired) electrons. The van der Waals surface area contributed by atoms with Crippen molar-refractivity contribution in [1.82, 2.24) is 0 Å². The van der Waals surface area contributed by atoms with E-state index >= 15 is 0 Å². The molecule has 0 fully saturated rings. The van der Waals surface area contributed by atoms with Crippen LogP contribution >= 0.6 is 11.6 Å². The van der Waals surface area contributed by atoms with E-state index in [0.717, 1.165) is 12.8 Å². The Labute approximate surface area is 172 Å². The number of benzene rings is 1. The lowest BCUT2D eigenvalue weighted by molar-refractivity contribution is -0.152. The lowest BCUT2D eigenvalue weighted by Crippen LogP contribution is -2.32. The average molecular weight is 412 g/mol. The Morgan fingerprint density at radius 3 is 2.36 bits per heavy atom. The van der Waals surface area contributed by atoms with Crippen molar-refractivity contribution in [2.24, 2.45) is 5.92 Å². The van der Waals surface area contributed by atoms with Crippen molar-refractivity contribution in [1.29, 1.82) is 0 Å². The van der Waals surface area contributed by atoms with Crippen LogP contribution < -0.4 is 10.1 Å². The monoisotopic (exact) mass is 411 g/mol. The molecule has 1 N–H and O–H groups in total. The van der Waals surface area contributed by atoms with Gasteiger partial charge in [-0.3, -0.25) is 5.32 Å². The number of amides is 1. The van der Waals surface area contributed by atoms with Crippen LogP contribution in [-0.4, -0.2) is 36.8 Å². The smallest absolute Gasteiger partial charge is 0.412 e. The summed E-state index contributed by atoms with van der Waals surface area (Å²) >= 11 is 5.89. The maximum atomic E-state index is 12.1. The van der Waals surface area contributed by atoms with Crippen LogP contribution in [0.2, 0.25) is 0 Å². The number of esters is 1. The SMILES string of the molecule is C=C(C)C(OC(=O)Nc1ccc(OCCCC(C)Cl)cc1)C(=O)OCC(C)C. The van der Waals surface area contributed by atoms with Crippen LogP contribution in [0.5, 0.6) is 5.75 Å². The normalized spacial score (nSPS) is 12.8. The Hall–Kier alpha value is -2.21. The number of rotatable bonds is 11.